The quantitative estimate of drug-likeness (QED) is 0.374. The lowest BCUT2D eigenvalue weighted by Crippen LogP contribution is -2.48. The highest BCUT2D eigenvalue weighted by atomic mass is 16.5. The summed E-state index contributed by atoms with van der Waals surface area (Å²) in [5.74, 6) is 1.48. The van der Waals surface area contributed by atoms with Crippen LogP contribution in [0.4, 0.5) is 0 Å². The Labute approximate surface area is 179 Å². The van der Waals surface area contributed by atoms with Crippen molar-refractivity contribution >= 4 is 5.96 Å². The first-order valence-corrected chi connectivity index (χ1v) is 11.0. The van der Waals surface area contributed by atoms with Gasteiger partial charge in [0.1, 0.15) is 12.0 Å². The van der Waals surface area contributed by atoms with E-state index in [1.54, 1.807) is 13.4 Å². The minimum atomic E-state index is 0.446. The van der Waals surface area contributed by atoms with Crippen LogP contribution in [-0.4, -0.2) is 61.8 Å². The molecule has 1 aliphatic heterocycles. The lowest BCUT2D eigenvalue weighted by molar-refractivity contribution is 0.155. The molecule has 1 aliphatic rings. The molecule has 0 saturated carbocycles. The average molecular weight is 414 g/mol. The van der Waals surface area contributed by atoms with E-state index in [4.69, 9.17) is 14.1 Å². The van der Waals surface area contributed by atoms with Gasteiger partial charge in [0.15, 0.2) is 5.96 Å². The first kappa shape index (κ1) is 22.3. The molecule has 1 saturated heterocycles. The van der Waals surface area contributed by atoms with Gasteiger partial charge >= 0.3 is 0 Å². The number of guanidine groups is 1. The summed E-state index contributed by atoms with van der Waals surface area (Å²) in [4.78, 5) is 11.8. The Kier molecular flexibility index (Phi) is 8.71. The standard InChI is InChI=1S/C23H35N5O2/c1-4-24-23(27-20-10-13-28(14-11-20)12-5-15-29-3)25-16-21-17-30-22(26-21)19-8-6-18(2)7-9-19/h6-9,17,20H,4-5,10-16H2,1-3H3,(H2,24,25,27). The number of nitrogens with zero attached hydrogens (tertiary/aromatic N) is 3. The highest BCUT2D eigenvalue weighted by Crippen LogP contribution is 2.19. The monoisotopic (exact) mass is 413 g/mol. The van der Waals surface area contributed by atoms with Crippen molar-refractivity contribution in [1.82, 2.24) is 20.5 Å². The van der Waals surface area contributed by atoms with E-state index in [1.807, 2.05) is 12.1 Å². The summed E-state index contributed by atoms with van der Waals surface area (Å²) in [6.45, 7) is 9.65. The fourth-order valence-electron chi connectivity index (χ4n) is 3.62. The van der Waals surface area contributed by atoms with Gasteiger partial charge in [-0.1, -0.05) is 17.7 Å². The molecular formula is C23H35N5O2. The number of rotatable bonds is 9. The van der Waals surface area contributed by atoms with Crippen molar-refractivity contribution in [3.05, 3.63) is 41.8 Å². The molecule has 0 spiro atoms. The van der Waals surface area contributed by atoms with E-state index in [0.717, 1.165) is 69.3 Å². The van der Waals surface area contributed by atoms with E-state index in [2.05, 4.69) is 46.5 Å². The molecule has 0 radical (unpaired) electrons. The number of aromatic nitrogens is 1. The molecule has 1 aromatic carbocycles. The fraction of sp³-hybridized carbons (Fsp3) is 0.565. The van der Waals surface area contributed by atoms with Crippen molar-refractivity contribution in [3.8, 4) is 11.5 Å². The molecule has 30 heavy (non-hydrogen) atoms. The maximum atomic E-state index is 5.65. The first-order valence-electron chi connectivity index (χ1n) is 11.0. The molecule has 3 rings (SSSR count). The topological polar surface area (TPSA) is 74.9 Å². The van der Waals surface area contributed by atoms with Gasteiger partial charge in [-0.2, -0.15) is 0 Å². The van der Waals surface area contributed by atoms with Crippen LogP contribution in [0, 0.1) is 6.92 Å². The molecular weight excluding hydrogens is 378 g/mol. The average Bonchev–Trinajstić information content (AvgIpc) is 3.23. The molecule has 2 N–H and O–H groups in total. The van der Waals surface area contributed by atoms with Crippen LogP contribution in [-0.2, 0) is 11.3 Å². The molecule has 2 heterocycles. The van der Waals surface area contributed by atoms with Crippen LogP contribution in [0.2, 0.25) is 0 Å². The van der Waals surface area contributed by atoms with E-state index in [-0.39, 0.29) is 0 Å². The molecule has 1 aromatic heterocycles. The van der Waals surface area contributed by atoms with Gasteiger partial charge in [-0.05, 0) is 45.2 Å². The van der Waals surface area contributed by atoms with Gasteiger partial charge < -0.3 is 24.7 Å². The summed E-state index contributed by atoms with van der Waals surface area (Å²) >= 11 is 0. The number of likely N-dealkylation sites (tertiary alicyclic amines) is 1. The third-order valence-electron chi connectivity index (χ3n) is 5.34. The lowest BCUT2D eigenvalue weighted by atomic mass is 10.1. The second-order valence-electron chi connectivity index (χ2n) is 7.81. The van der Waals surface area contributed by atoms with E-state index in [9.17, 15) is 0 Å². The summed E-state index contributed by atoms with van der Waals surface area (Å²) in [6.07, 6.45) is 5.04. The molecule has 1 fully saturated rings. The van der Waals surface area contributed by atoms with Crippen LogP contribution >= 0.6 is 0 Å². The summed E-state index contributed by atoms with van der Waals surface area (Å²) in [5.41, 5.74) is 3.03. The minimum absolute atomic E-state index is 0.446. The molecule has 7 nitrogen and oxygen atoms in total. The van der Waals surface area contributed by atoms with Crippen molar-refractivity contribution in [2.24, 2.45) is 4.99 Å². The van der Waals surface area contributed by atoms with Gasteiger partial charge in [-0.25, -0.2) is 9.98 Å². The van der Waals surface area contributed by atoms with Crippen molar-refractivity contribution in [2.45, 2.75) is 45.7 Å². The summed E-state index contributed by atoms with van der Waals surface area (Å²) in [7, 11) is 1.76. The van der Waals surface area contributed by atoms with Gasteiger partial charge in [0.2, 0.25) is 5.89 Å². The van der Waals surface area contributed by atoms with Crippen molar-refractivity contribution in [1.29, 1.82) is 0 Å². The number of nitrogens with one attached hydrogen (secondary N) is 2. The molecule has 0 unspecified atom stereocenters. The number of piperidine rings is 1. The Bertz CT molecular complexity index is 779. The first-order chi connectivity index (χ1) is 14.7. The molecule has 7 heteroatoms. The van der Waals surface area contributed by atoms with E-state index >= 15 is 0 Å². The van der Waals surface area contributed by atoms with Crippen LogP contribution in [0.25, 0.3) is 11.5 Å². The highest BCUT2D eigenvalue weighted by molar-refractivity contribution is 5.80. The third-order valence-corrected chi connectivity index (χ3v) is 5.34. The fourth-order valence-corrected chi connectivity index (χ4v) is 3.62. The zero-order valence-corrected chi connectivity index (χ0v) is 18.5. The Morgan fingerprint density at radius 1 is 1.27 bits per heavy atom. The Morgan fingerprint density at radius 3 is 2.73 bits per heavy atom. The summed E-state index contributed by atoms with van der Waals surface area (Å²) < 4.78 is 10.8. The zero-order valence-electron chi connectivity index (χ0n) is 18.5. The van der Waals surface area contributed by atoms with E-state index in [1.165, 1.54) is 5.56 Å². The Morgan fingerprint density at radius 2 is 2.03 bits per heavy atom. The molecule has 0 amide bonds. The maximum absolute atomic E-state index is 5.65. The lowest BCUT2D eigenvalue weighted by Gasteiger charge is -2.33. The van der Waals surface area contributed by atoms with Crippen LogP contribution in [0.15, 0.2) is 39.9 Å². The molecule has 164 valence electrons. The largest absolute Gasteiger partial charge is 0.444 e. The predicted octanol–water partition coefficient (Wildman–Crippen LogP) is 3.21. The Hall–Kier alpha value is -2.38. The highest BCUT2D eigenvalue weighted by Gasteiger charge is 2.19. The predicted molar refractivity (Wildman–Crippen MR) is 121 cm³/mol. The SMILES string of the molecule is CCNC(=NCc1coc(-c2ccc(C)cc2)n1)NC1CCN(CCCOC)CC1. The normalized spacial score (nSPS) is 16.0. The van der Waals surface area contributed by atoms with Crippen molar-refractivity contribution in [2.75, 3.05) is 39.9 Å². The maximum Gasteiger partial charge on any atom is 0.226 e. The third kappa shape index (κ3) is 6.85. The minimum Gasteiger partial charge on any atom is -0.444 e. The van der Waals surface area contributed by atoms with E-state index in [0.29, 0.717) is 18.5 Å². The molecule has 0 bridgehead atoms. The Balaban J connectivity index is 1.51. The van der Waals surface area contributed by atoms with Crippen LogP contribution < -0.4 is 10.6 Å². The number of hydrogen-bond acceptors (Lipinski definition) is 5. The van der Waals surface area contributed by atoms with Gasteiger partial charge in [0, 0.05) is 51.5 Å². The van der Waals surface area contributed by atoms with Crippen molar-refractivity contribution in [3.63, 3.8) is 0 Å². The summed E-state index contributed by atoms with van der Waals surface area (Å²) in [6, 6.07) is 8.63. The molecule has 0 aliphatic carbocycles. The molecule has 0 atom stereocenters. The second kappa shape index (κ2) is 11.7. The number of benzene rings is 1. The zero-order chi connectivity index (χ0) is 21.2. The van der Waals surface area contributed by atoms with Gasteiger partial charge in [0.05, 0.1) is 6.54 Å². The van der Waals surface area contributed by atoms with Crippen LogP contribution in [0.5, 0.6) is 0 Å². The van der Waals surface area contributed by atoms with Crippen LogP contribution in [0.3, 0.4) is 0 Å². The second-order valence-corrected chi connectivity index (χ2v) is 7.81. The van der Waals surface area contributed by atoms with Crippen LogP contribution in [0.1, 0.15) is 37.4 Å². The number of aryl methyl sites for hydroxylation is 1. The van der Waals surface area contributed by atoms with Crippen molar-refractivity contribution < 1.29 is 9.15 Å². The van der Waals surface area contributed by atoms with Gasteiger partial charge in [-0.15, -0.1) is 0 Å². The van der Waals surface area contributed by atoms with Gasteiger partial charge in [-0.3, -0.25) is 0 Å². The summed E-state index contributed by atoms with van der Waals surface area (Å²) in [5, 5.41) is 6.94. The number of ether oxygens (including phenoxy) is 1. The molecule has 2 aromatic rings. The smallest absolute Gasteiger partial charge is 0.226 e. The number of aliphatic imine (C=N–C) groups is 1. The van der Waals surface area contributed by atoms with Gasteiger partial charge in [0.25, 0.3) is 0 Å². The number of methoxy groups -OCH3 is 1. The number of hydrogen-bond donors (Lipinski definition) is 2. The number of oxazole rings is 1. The van der Waals surface area contributed by atoms with E-state index < -0.39 is 0 Å².